The van der Waals surface area contributed by atoms with E-state index in [9.17, 15) is 4.79 Å². The fourth-order valence-electron chi connectivity index (χ4n) is 1.68. The fourth-order valence-corrected chi connectivity index (χ4v) is 2.37. The van der Waals surface area contributed by atoms with Crippen LogP contribution in [-0.2, 0) is 0 Å². The molecule has 19 heavy (non-hydrogen) atoms. The first-order valence-corrected chi connectivity index (χ1v) is 6.77. The van der Waals surface area contributed by atoms with Crippen molar-refractivity contribution in [3.63, 3.8) is 0 Å². The number of anilines is 2. The molecule has 0 radical (unpaired) electrons. The number of nitrogens with one attached hydrogen (secondary N) is 1. The summed E-state index contributed by atoms with van der Waals surface area (Å²) in [6.45, 7) is 1.92. The van der Waals surface area contributed by atoms with Gasteiger partial charge in [-0.3, -0.25) is 4.79 Å². The second-order valence-corrected chi connectivity index (χ2v) is 5.42. The lowest BCUT2D eigenvalue weighted by molar-refractivity contribution is 0.102. The number of amides is 1. The van der Waals surface area contributed by atoms with Gasteiger partial charge in [0.1, 0.15) is 0 Å². The van der Waals surface area contributed by atoms with Crippen LogP contribution in [0.5, 0.6) is 0 Å². The van der Waals surface area contributed by atoms with Gasteiger partial charge in [-0.15, -0.1) is 0 Å². The molecular formula is C14H12BrClN2O. The molecule has 2 aromatic rings. The molecule has 0 aliphatic carbocycles. The molecule has 5 heteroatoms. The lowest BCUT2D eigenvalue weighted by Gasteiger charge is -2.10. The maximum Gasteiger partial charge on any atom is 0.257 e. The minimum absolute atomic E-state index is 0.273. The van der Waals surface area contributed by atoms with Crippen LogP contribution in [-0.4, -0.2) is 5.91 Å². The molecule has 2 aromatic carbocycles. The normalized spacial score (nSPS) is 10.3. The first kappa shape index (κ1) is 13.9. The molecule has 2 rings (SSSR count). The summed E-state index contributed by atoms with van der Waals surface area (Å²) in [6.07, 6.45) is 0. The third kappa shape index (κ3) is 3.08. The Morgan fingerprint density at radius 3 is 2.74 bits per heavy atom. The van der Waals surface area contributed by atoms with Gasteiger partial charge in [-0.1, -0.05) is 33.6 Å². The van der Waals surface area contributed by atoms with Gasteiger partial charge < -0.3 is 11.1 Å². The van der Waals surface area contributed by atoms with Crippen molar-refractivity contribution in [1.82, 2.24) is 0 Å². The molecule has 98 valence electrons. The Hall–Kier alpha value is -1.52. The van der Waals surface area contributed by atoms with Crippen LogP contribution >= 0.6 is 27.5 Å². The summed E-state index contributed by atoms with van der Waals surface area (Å²) in [5, 5.41) is 3.09. The van der Waals surface area contributed by atoms with Gasteiger partial charge in [-0.05, 0) is 42.8 Å². The Kier molecular flexibility index (Phi) is 4.12. The summed E-state index contributed by atoms with van der Waals surface area (Å²) >= 11 is 9.40. The minimum atomic E-state index is -0.275. The molecule has 3 nitrogen and oxygen atoms in total. The lowest BCUT2D eigenvalue weighted by Crippen LogP contribution is -2.13. The number of rotatable bonds is 2. The summed E-state index contributed by atoms with van der Waals surface area (Å²) in [4.78, 5) is 12.2. The largest absolute Gasteiger partial charge is 0.398 e. The minimum Gasteiger partial charge on any atom is -0.398 e. The molecule has 0 aliphatic rings. The van der Waals surface area contributed by atoms with Gasteiger partial charge in [0.2, 0.25) is 0 Å². The smallest absolute Gasteiger partial charge is 0.257 e. The Balaban J connectivity index is 2.28. The van der Waals surface area contributed by atoms with Gasteiger partial charge in [-0.25, -0.2) is 0 Å². The highest BCUT2D eigenvalue weighted by Crippen LogP contribution is 2.25. The van der Waals surface area contributed by atoms with E-state index >= 15 is 0 Å². The van der Waals surface area contributed by atoms with Crippen molar-refractivity contribution in [3.8, 4) is 0 Å². The van der Waals surface area contributed by atoms with E-state index in [0.29, 0.717) is 11.3 Å². The van der Waals surface area contributed by atoms with E-state index in [0.717, 1.165) is 15.7 Å². The van der Waals surface area contributed by atoms with E-state index in [1.165, 1.54) is 0 Å². The molecule has 0 unspecified atom stereocenters. The summed E-state index contributed by atoms with van der Waals surface area (Å²) in [5.41, 5.74) is 8.14. The second kappa shape index (κ2) is 5.63. The van der Waals surface area contributed by atoms with Crippen LogP contribution in [0.2, 0.25) is 5.02 Å². The molecule has 0 aliphatic heterocycles. The summed E-state index contributed by atoms with van der Waals surface area (Å²) < 4.78 is 0.963. The van der Waals surface area contributed by atoms with Crippen LogP contribution < -0.4 is 11.1 Å². The Morgan fingerprint density at radius 1 is 1.32 bits per heavy atom. The van der Waals surface area contributed by atoms with Crippen molar-refractivity contribution in [2.24, 2.45) is 0 Å². The molecule has 3 N–H and O–H groups in total. The molecule has 0 saturated heterocycles. The SMILES string of the molecule is Cc1cc(Br)ccc1NC(=O)c1cccc(N)c1Cl. The Morgan fingerprint density at radius 2 is 2.05 bits per heavy atom. The third-order valence-electron chi connectivity index (χ3n) is 2.71. The number of nitrogens with two attached hydrogens (primary N) is 1. The zero-order chi connectivity index (χ0) is 14.0. The first-order valence-electron chi connectivity index (χ1n) is 5.60. The Bertz CT molecular complexity index is 643. The Labute approximate surface area is 124 Å². The highest BCUT2D eigenvalue weighted by atomic mass is 79.9. The molecule has 0 heterocycles. The van der Waals surface area contributed by atoms with Gasteiger partial charge in [0.25, 0.3) is 5.91 Å². The summed E-state index contributed by atoms with van der Waals surface area (Å²) in [7, 11) is 0. The van der Waals surface area contributed by atoms with E-state index in [2.05, 4.69) is 21.2 Å². The van der Waals surface area contributed by atoms with E-state index < -0.39 is 0 Å². The van der Waals surface area contributed by atoms with Crippen molar-refractivity contribution in [1.29, 1.82) is 0 Å². The van der Waals surface area contributed by atoms with Gasteiger partial charge in [0.05, 0.1) is 16.3 Å². The molecule has 0 atom stereocenters. The third-order valence-corrected chi connectivity index (χ3v) is 3.62. The predicted octanol–water partition coefficient (Wildman–Crippen LogP) is 4.25. The monoisotopic (exact) mass is 338 g/mol. The maximum atomic E-state index is 12.2. The molecule has 0 aromatic heterocycles. The topological polar surface area (TPSA) is 55.1 Å². The average Bonchev–Trinajstić information content (AvgIpc) is 2.36. The van der Waals surface area contributed by atoms with Gasteiger partial charge in [0, 0.05) is 10.2 Å². The number of hydrogen-bond donors (Lipinski definition) is 2. The standard InChI is InChI=1S/C14H12BrClN2O/c1-8-7-9(15)5-6-12(8)18-14(19)10-3-2-4-11(17)13(10)16/h2-7H,17H2,1H3,(H,18,19). The van der Waals surface area contributed by atoms with Crippen molar-refractivity contribution in [2.45, 2.75) is 6.92 Å². The number of nitrogen functional groups attached to an aromatic ring is 1. The number of halogens is 2. The highest BCUT2D eigenvalue weighted by Gasteiger charge is 2.13. The number of carbonyl (C=O) groups excluding carboxylic acids is 1. The molecule has 0 fully saturated rings. The average molecular weight is 340 g/mol. The van der Waals surface area contributed by atoms with E-state index in [1.54, 1.807) is 18.2 Å². The van der Waals surface area contributed by atoms with Crippen molar-refractivity contribution in [3.05, 3.63) is 57.0 Å². The number of carbonyl (C=O) groups is 1. The van der Waals surface area contributed by atoms with Crippen molar-refractivity contribution < 1.29 is 4.79 Å². The molecule has 0 saturated carbocycles. The van der Waals surface area contributed by atoms with E-state index in [-0.39, 0.29) is 10.9 Å². The van der Waals surface area contributed by atoms with Crippen LogP contribution in [0.25, 0.3) is 0 Å². The molecule has 1 amide bonds. The van der Waals surface area contributed by atoms with Gasteiger partial charge in [-0.2, -0.15) is 0 Å². The van der Waals surface area contributed by atoms with Crippen LogP contribution in [0.3, 0.4) is 0 Å². The zero-order valence-corrected chi connectivity index (χ0v) is 12.5. The van der Waals surface area contributed by atoms with E-state index in [4.69, 9.17) is 17.3 Å². The van der Waals surface area contributed by atoms with Crippen LogP contribution in [0.15, 0.2) is 40.9 Å². The zero-order valence-electron chi connectivity index (χ0n) is 10.2. The predicted molar refractivity (Wildman–Crippen MR) is 82.7 cm³/mol. The number of benzene rings is 2. The lowest BCUT2D eigenvalue weighted by atomic mass is 10.1. The summed E-state index contributed by atoms with van der Waals surface area (Å²) in [6, 6.07) is 10.6. The quantitative estimate of drug-likeness (QED) is 0.804. The van der Waals surface area contributed by atoms with E-state index in [1.807, 2.05) is 25.1 Å². The summed E-state index contributed by atoms with van der Waals surface area (Å²) in [5.74, 6) is -0.275. The fraction of sp³-hybridized carbons (Fsp3) is 0.0714. The molecule has 0 bridgehead atoms. The molecule has 0 spiro atoms. The molecular weight excluding hydrogens is 328 g/mol. The number of hydrogen-bond acceptors (Lipinski definition) is 2. The van der Waals surface area contributed by atoms with Gasteiger partial charge >= 0.3 is 0 Å². The van der Waals surface area contributed by atoms with Crippen LogP contribution in [0.1, 0.15) is 15.9 Å². The highest BCUT2D eigenvalue weighted by molar-refractivity contribution is 9.10. The van der Waals surface area contributed by atoms with Crippen molar-refractivity contribution >= 4 is 44.8 Å². The second-order valence-electron chi connectivity index (χ2n) is 4.12. The first-order chi connectivity index (χ1) is 8.99. The van der Waals surface area contributed by atoms with Crippen LogP contribution in [0, 0.1) is 6.92 Å². The number of aryl methyl sites for hydroxylation is 1. The van der Waals surface area contributed by atoms with Crippen LogP contribution in [0.4, 0.5) is 11.4 Å². The maximum absolute atomic E-state index is 12.2. The van der Waals surface area contributed by atoms with Gasteiger partial charge in [0.15, 0.2) is 0 Å². The van der Waals surface area contributed by atoms with Crippen molar-refractivity contribution in [2.75, 3.05) is 11.1 Å².